The number of carbonyl (C=O) groups is 1. The summed E-state index contributed by atoms with van der Waals surface area (Å²) in [4.78, 5) is 11.1. The van der Waals surface area contributed by atoms with Crippen molar-refractivity contribution in [3.63, 3.8) is 0 Å². The minimum atomic E-state index is -4.26. The van der Waals surface area contributed by atoms with E-state index in [1.807, 2.05) is 4.72 Å². The van der Waals surface area contributed by atoms with Crippen molar-refractivity contribution in [1.82, 2.24) is 0 Å². The summed E-state index contributed by atoms with van der Waals surface area (Å²) in [6.45, 7) is 0. The van der Waals surface area contributed by atoms with E-state index in [-0.39, 0.29) is 9.92 Å². The molecule has 0 aliphatic heterocycles. The number of benzene rings is 2. The molecular weight excluding hydrogens is 432 g/mol. The summed E-state index contributed by atoms with van der Waals surface area (Å²) >= 11 is 9.00. The van der Waals surface area contributed by atoms with Gasteiger partial charge >= 0.3 is 5.97 Å². The van der Waals surface area contributed by atoms with Gasteiger partial charge in [-0.1, -0.05) is 27.5 Å². The topological polar surface area (TPSA) is 72.5 Å². The molecule has 0 saturated heterocycles. The van der Waals surface area contributed by atoms with E-state index in [4.69, 9.17) is 11.6 Å². The van der Waals surface area contributed by atoms with Gasteiger partial charge in [-0.2, -0.15) is 0 Å². The number of halogens is 4. The fourth-order valence-corrected chi connectivity index (χ4v) is 3.88. The van der Waals surface area contributed by atoms with Crippen LogP contribution in [0.3, 0.4) is 0 Å². The molecular formula is C14H9BrClF2NO4S. The molecule has 0 amide bonds. The van der Waals surface area contributed by atoms with Gasteiger partial charge in [-0.05, 0) is 24.3 Å². The Balaban J connectivity index is 2.48. The second-order valence-electron chi connectivity index (χ2n) is 4.48. The predicted molar refractivity (Wildman–Crippen MR) is 87.7 cm³/mol. The van der Waals surface area contributed by atoms with Gasteiger partial charge in [-0.25, -0.2) is 22.0 Å². The number of sulfonamides is 1. The molecule has 2 aromatic rings. The summed E-state index contributed by atoms with van der Waals surface area (Å²) < 4.78 is 58.9. The van der Waals surface area contributed by atoms with Crippen molar-refractivity contribution in [3.05, 3.63) is 57.0 Å². The molecule has 1 N–H and O–H groups in total. The van der Waals surface area contributed by atoms with E-state index in [1.54, 1.807) is 0 Å². The zero-order valence-corrected chi connectivity index (χ0v) is 15.1. The molecule has 0 aliphatic carbocycles. The van der Waals surface area contributed by atoms with Crippen LogP contribution in [0, 0.1) is 11.6 Å². The molecule has 0 bridgehead atoms. The van der Waals surface area contributed by atoms with E-state index in [9.17, 15) is 22.0 Å². The van der Waals surface area contributed by atoms with Gasteiger partial charge in [0, 0.05) is 10.5 Å². The van der Waals surface area contributed by atoms with Crippen molar-refractivity contribution in [2.45, 2.75) is 4.90 Å². The first-order chi connectivity index (χ1) is 11.2. The van der Waals surface area contributed by atoms with Crippen molar-refractivity contribution < 1.29 is 26.7 Å². The maximum atomic E-state index is 13.8. The molecule has 0 unspecified atom stereocenters. The highest BCUT2D eigenvalue weighted by Gasteiger charge is 2.23. The van der Waals surface area contributed by atoms with Crippen molar-refractivity contribution in [2.24, 2.45) is 0 Å². The van der Waals surface area contributed by atoms with Crippen LogP contribution in [0.1, 0.15) is 10.4 Å². The van der Waals surface area contributed by atoms with Gasteiger partial charge in [0.25, 0.3) is 10.0 Å². The quantitative estimate of drug-likeness (QED) is 0.730. The van der Waals surface area contributed by atoms with E-state index in [0.717, 1.165) is 7.11 Å². The Morgan fingerprint density at radius 2 is 1.88 bits per heavy atom. The van der Waals surface area contributed by atoms with Gasteiger partial charge in [0.1, 0.15) is 16.5 Å². The Bertz CT molecular complexity index is 921. The molecule has 0 fully saturated rings. The van der Waals surface area contributed by atoms with Gasteiger partial charge in [-0.15, -0.1) is 0 Å². The molecule has 128 valence electrons. The van der Waals surface area contributed by atoms with E-state index in [0.29, 0.717) is 16.6 Å². The minimum absolute atomic E-state index is 0.104. The number of nitrogens with one attached hydrogen (secondary N) is 1. The summed E-state index contributed by atoms with van der Waals surface area (Å²) in [7, 11) is -3.25. The van der Waals surface area contributed by atoms with Crippen LogP contribution < -0.4 is 4.72 Å². The van der Waals surface area contributed by atoms with Crippen LogP contribution >= 0.6 is 27.5 Å². The maximum absolute atomic E-state index is 13.8. The van der Waals surface area contributed by atoms with Crippen LogP contribution in [-0.4, -0.2) is 21.5 Å². The third kappa shape index (κ3) is 3.85. The van der Waals surface area contributed by atoms with Crippen LogP contribution in [0.25, 0.3) is 0 Å². The molecule has 0 radical (unpaired) electrons. The van der Waals surface area contributed by atoms with Gasteiger partial charge in [0.2, 0.25) is 0 Å². The monoisotopic (exact) mass is 439 g/mol. The average Bonchev–Trinajstić information content (AvgIpc) is 2.48. The zero-order chi connectivity index (χ0) is 18.1. The number of hydrogen-bond acceptors (Lipinski definition) is 4. The summed E-state index contributed by atoms with van der Waals surface area (Å²) in [5.41, 5.74) is -1.23. The normalized spacial score (nSPS) is 11.2. The highest BCUT2D eigenvalue weighted by molar-refractivity contribution is 9.10. The third-order valence-corrected chi connectivity index (χ3v) is 5.23. The van der Waals surface area contributed by atoms with Crippen LogP contribution in [0.15, 0.2) is 39.7 Å². The minimum Gasteiger partial charge on any atom is -0.465 e. The highest BCUT2D eigenvalue weighted by atomic mass is 79.9. The Kier molecular flexibility index (Phi) is 5.46. The average molecular weight is 441 g/mol. The molecule has 0 heterocycles. The number of rotatable bonds is 4. The van der Waals surface area contributed by atoms with Crippen molar-refractivity contribution in [2.75, 3.05) is 11.8 Å². The summed E-state index contributed by atoms with van der Waals surface area (Å²) in [6, 6.07) is 5.07. The smallest absolute Gasteiger partial charge is 0.340 e. The van der Waals surface area contributed by atoms with E-state index in [1.165, 1.54) is 18.2 Å². The first-order valence-corrected chi connectivity index (χ1v) is 8.86. The van der Waals surface area contributed by atoms with E-state index >= 15 is 0 Å². The molecule has 24 heavy (non-hydrogen) atoms. The molecule has 0 aromatic heterocycles. The predicted octanol–water partition coefficient (Wildman–Crippen LogP) is 3.97. The Morgan fingerprint density at radius 1 is 1.21 bits per heavy atom. The number of hydrogen-bond donors (Lipinski definition) is 1. The van der Waals surface area contributed by atoms with Crippen LogP contribution in [-0.2, 0) is 14.8 Å². The molecule has 0 saturated carbocycles. The van der Waals surface area contributed by atoms with Gasteiger partial charge in [-0.3, -0.25) is 4.72 Å². The van der Waals surface area contributed by atoms with E-state index in [2.05, 4.69) is 20.7 Å². The maximum Gasteiger partial charge on any atom is 0.340 e. The first-order valence-electron chi connectivity index (χ1n) is 6.21. The Labute approximate surface area is 149 Å². The summed E-state index contributed by atoms with van der Waals surface area (Å²) in [5, 5.41) is -0.104. The molecule has 0 aliphatic rings. The van der Waals surface area contributed by atoms with Crippen LogP contribution in [0.5, 0.6) is 0 Å². The molecule has 2 aromatic carbocycles. The Morgan fingerprint density at radius 3 is 2.46 bits per heavy atom. The molecule has 10 heteroatoms. The SMILES string of the molecule is COC(=O)c1cc(NS(=O)(=O)c2ccc(Br)cc2Cl)c(F)cc1F. The summed E-state index contributed by atoms with van der Waals surface area (Å²) in [6.07, 6.45) is 0. The highest BCUT2D eigenvalue weighted by Crippen LogP contribution is 2.28. The van der Waals surface area contributed by atoms with Crippen molar-refractivity contribution in [1.29, 1.82) is 0 Å². The molecule has 0 atom stereocenters. The number of methoxy groups -OCH3 is 1. The van der Waals surface area contributed by atoms with Crippen molar-refractivity contribution in [3.8, 4) is 0 Å². The van der Waals surface area contributed by atoms with E-state index < -0.39 is 38.9 Å². The van der Waals surface area contributed by atoms with Crippen LogP contribution in [0.2, 0.25) is 5.02 Å². The fourth-order valence-electron chi connectivity index (χ4n) is 1.79. The lowest BCUT2D eigenvalue weighted by molar-refractivity contribution is 0.0595. The lowest BCUT2D eigenvalue weighted by Gasteiger charge is -2.12. The molecule has 5 nitrogen and oxygen atoms in total. The number of esters is 1. The number of anilines is 1. The lowest BCUT2D eigenvalue weighted by atomic mass is 10.2. The van der Waals surface area contributed by atoms with Gasteiger partial charge < -0.3 is 4.74 Å². The standard InChI is InChI=1S/C14H9BrClF2NO4S/c1-23-14(20)8-5-12(11(18)6-10(8)17)19-24(21,22)13-3-2-7(15)4-9(13)16/h2-6,19H,1H3. The van der Waals surface area contributed by atoms with Gasteiger partial charge in [0.05, 0.1) is 23.4 Å². The van der Waals surface area contributed by atoms with Crippen LogP contribution in [0.4, 0.5) is 14.5 Å². The lowest BCUT2D eigenvalue weighted by Crippen LogP contribution is -2.16. The second kappa shape index (κ2) is 7.04. The zero-order valence-electron chi connectivity index (χ0n) is 11.9. The molecule has 2 rings (SSSR count). The first kappa shape index (κ1) is 18.6. The third-order valence-electron chi connectivity index (χ3n) is 2.89. The number of carbonyl (C=O) groups excluding carboxylic acids is 1. The Hall–Kier alpha value is -1.71. The second-order valence-corrected chi connectivity index (χ2v) is 7.46. The number of ether oxygens (including phenoxy) is 1. The largest absolute Gasteiger partial charge is 0.465 e. The molecule has 0 spiro atoms. The fraction of sp³-hybridized carbons (Fsp3) is 0.0714. The summed E-state index contributed by atoms with van der Waals surface area (Å²) in [5.74, 6) is -3.45. The van der Waals surface area contributed by atoms with Gasteiger partial charge in [0.15, 0.2) is 0 Å². The van der Waals surface area contributed by atoms with Crippen molar-refractivity contribution >= 4 is 49.2 Å².